The van der Waals surface area contributed by atoms with Gasteiger partial charge in [0.25, 0.3) is 0 Å². The van der Waals surface area contributed by atoms with Gasteiger partial charge < -0.3 is 9.84 Å². The van der Waals surface area contributed by atoms with Crippen LogP contribution in [-0.2, 0) is 23.1 Å². The summed E-state index contributed by atoms with van der Waals surface area (Å²) in [4.78, 5) is 13.6. The molecule has 2 atom stereocenters. The molecular weight excluding hydrogens is 338 g/mol. The number of aliphatic carboxylic acids is 1. The van der Waals surface area contributed by atoms with Gasteiger partial charge in [0.05, 0.1) is 35.0 Å². The van der Waals surface area contributed by atoms with E-state index in [1.54, 1.807) is 0 Å². The molecule has 1 N–H and O–H groups in total. The van der Waals surface area contributed by atoms with Gasteiger partial charge in [0.2, 0.25) is 0 Å². The zero-order valence-corrected chi connectivity index (χ0v) is 14.3. The molecule has 0 aliphatic carbocycles. The second kappa shape index (κ2) is 6.89. The normalized spacial score (nSPS) is 22.1. The second-order valence-corrected chi connectivity index (χ2v) is 6.28. The van der Waals surface area contributed by atoms with Crippen LogP contribution in [0.4, 0.5) is 0 Å². The molecule has 1 saturated heterocycles. The van der Waals surface area contributed by atoms with E-state index < -0.39 is 11.9 Å². The average molecular weight is 360 g/mol. The first-order valence-electron chi connectivity index (χ1n) is 7.18. The molecule has 21 heavy (non-hydrogen) atoms. The lowest BCUT2D eigenvalue weighted by Gasteiger charge is -2.30. The molecule has 0 bridgehead atoms. The Bertz CT molecular complexity index is 518. The van der Waals surface area contributed by atoms with E-state index in [4.69, 9.17) is 4.74 Å². The summed E-state index contributed by atoms with van der Waals surface area (Å²) >= 11 is 3.58. The molecule has 0 aromatic carbocycles. The van der Waals surface area contributed by atoms with Crippen LogP contribution in [0.25, 0.3) is 0 Å². The van der Waals surface area contributed by atoms with Crippen LogP contribution in [0.3, 0.4) is 0 Å². The number of rotatable bonds is 6. The first-order valence-corrected chi connectivity index (χ1v) is 7.97. The van der Waals surface area contributed by atoms with Crippen LogP contribution < -0.4 is 0 Å². The van der Waals surface area contributed by atoms with Gasteiger partial charge >= 0.3 is 5.97 Å². The number of aryl methyl sites for hydroxylation is 2. The third-order valence-corrected chi connectivity index (χ3v) is 4.99. The molecule has 2 rings (SSSR count). The molecule has 0 amide bonds. The summed E-state index contributed by atoms with van der Waals surface area (Å²) in [5.74, 6) is -1.23. The number of hydrogen-bond acceptors (Lipinski definition) is 4. The topological polar surface area (TPSA) is 67.6 Å². The molecule has 2 unspecified atom stereocenters. The second-order valence-electron chi connectivity index (χ2n) is 5.49. The van der Waals surface area contributed by atoms with E-state index in [0.29, 0.717) is 19.8 Å². The van der Waals surface area contributed by atoms with Crippen LogP contribution in [-0.4, -0.2) is 51.6 Å². The van der Waals surface area contributed by atoms with Crippen molar-refractivity contribution < 1.29 is 14.6 Å². The van der Waals surface area contributed by atoms with Crippen molar-refractivity contribution in [2.75, 3.05) is 19.8 Å². The van der Waals surface area contributed by atoms with Gasteiger partial charge in [-0.3, -0.25) is 14.4 Å². The Morgan fingerprint density at radius 1 is 1.57 bits per heavy atom. The summed E-state index contributed by atoms with van der Waals surface area (Å²) in [6.45, 7) is 6.34. The average Bonchev–Trinajstić information content (AvgIpc) is 2.99. The Hall–Kier alpha value is -0.920. The van der Waals surface area contributed by atoms with Crippen LogP contribution in [0.15, 0.2) is 4.47 Å². The third-order valence-electron chi connectivity index (χ3n) is 3.96. The molecule has 0 saturated carbocycles. The fourth-order valence-electron chi connectivity index (χ4n) is 2.83. The lowest BCUT2D eigenvalue weighted by Crippen LogP contribution is -2.43. The monoisotopic (exact) mass is 359 g/mol. The number of hydrogen-bond donors (Lipinski definition) is 1. The zero-order chi connectivity index (χ0) is 15.6. The molecule has 2 heterocycles. The third kappa shape index (κ3) is 3.46. The number of ether oxygens (including phenoxy) is 1. The van der Waals surface area contributed by atoms with Gasteiger partial charge in [0.1, 0.15) is 0 Å². The van der Waals surface area contributed by atoms with Gasteiger partial charge in [-0.25, -0.2) is 0 Å². The highest BCUT2D eigenvalue weighted by Crippen LogP contribution is 2.26. The van der Waals surface area contributed by atoms with E-state index in [9.17, 15) is 9.90 Å². The van der Waals surface area contributed by atoms with E-state index in [1.165, 1.54) is 0 Å². The van der Waals surface area contributed by atoms with Crippen LogP contribution in [0, 0.1) is 12.8 Å². The lowest BCUT2D eigenvalue weighted by molar-refractivity contribution is -0.143. The van der Waals surface area contributed by atoms with Gasteiger partial charge in [-0.2, -0.15) is 5.10 Å². The molecule has 6 nitrogen and oxygen atoms in total. The van der Waals surface area contributed by atoms with Crippen molar-refractivity contribution in [2.45, 2.75) is 32.9 Å². The minimum absolute atomic E-state index is 0.0791. The number of aromatic nitrogens is 2. The van der Waals surface area contributed by atoms with Crippen molar-refractivity contribution in [3.05, 3.63) is 15.9 Å². The molecule has 1 fully saturated rings. The first kappa shape index (κ1) is 16.5. The summed E-state index contributed by atoms with van der Waals surface area (Å²) in [7, 11) is 1.91. The molecule has 118 valence electrons. The van der Waals surface area contributed by atoms with E-state index in [0.717, 1.165) is 28.8 Å². The van der Waals surface area contributed by atoms with E-state index in [2.05, 4.69) is 32.9 Å². The fourth-order valence-corrected chi connectivity index (χ4v) is 3.29. The quantitative estimate of drug-likeness (QED) is 0.838. The Morgan fingerprint density at radius 3 is 2.81 bits per heavy atom. The van der Waals surface area contributed by atoms with Crippen molar-refractivity contribution in [2.24, 2.45) is 13.0 Å². The van der Waals surface area contributed by atoms with Gasteiger partial charge in [0, 0.05) is 19.6 Å². The Labute approximate surface area is 133 Å². The summed E-state index contributed by atoms with van der Waals surface area (Å²) in [5.41, 5.74) is 2.01. The molecule has 7 heteroatoms. The highest BCUT2D eigenvalue weighted by molar-refractivity contribution is 9.10. The smallest absolute Gasteiger partial charge is 0.310 e. The maximum atomic E-state index is 11.4. The van der Waals surface area contributed by atoms with Crippen molar-refractivity contribution in [3.8, 4) is 0 Å². The molecule has 0 spiro atoms. The number of nitrogens with zero attached hydrogens (tertiary/aromatic N) is 3. The van der Waals surface area contributed by atoms with Crippen molar-refractivity contribution in [1.29, 1.82) is 0 Å². The molecular formula is C14H22BrN3O3. The Balaban J connectivity index is 2.21. The largest absolute Gasteiger partial charge is 0.481 e. The van der Waals surface area contributed by atoms with E-state index in [1.807, 2.05) is 18.7 Å². The van der Waals surface area contributed by atoms with Crippen molar-refractivity contribution in [3.63, 3.8) is 0 Å². The minimum atomic E-state index is -0.779. The summed E-state index contributed by atoms with van der Waals surface area (Å²) in [6.07, 6.45) is 0.970. The fraction of sp³-hybridized carbons (Fsp3) is 0.714. The van der Waals surface area contributed by atoms with E-state index >= 15 is 0 Å². The predicted molar refractivity (Wildman–Crippen MR) is 82.1 cm³/mol. The molecule has 1 aromatic rings. The molecule has 0 radical (unpaired) electrons. The number of carboxylic acids is 1. The minimum Gasteiger partial charge on any atom is -0.481 e. The van der Waals surface area contributed by atoms with Gasteiger partial charge in [-0.1, -0.05) is 6.92 Å². The molecule has 1 aromatic heterocycles. The SMILES string of the molecule is CCCN(Cc1c(Br)c(C)nn1C)C1COCC1C(=O)O. The van der Waals surface area contributed by atoms with Gasteiger partial charge in [0.15, 0.2) is 0 Å². The van der Waals surface area contributed by atoms with Crippen LogP contribution in [0.1, 0.15) is 24.7 Å². The lowest BCUT2D eigenvalue weighted by atomic mass is 10.0. The van der Waals surface area contributed by atoms with Crippen LogP contribution in [0.2, 0.25) is 0 Å². The highest BCUT2D eigenvalue weighted by atomic mass is 79.9. The van der Waals surface area contributed by atoms with Crippen molar-refractivity contribution >= 4 is 21.9 Å². The molecule has 1 aliphatic rings. The highest BCUT2D eigenvalue weighted by Gasteiger charge is 2.38. The van der Waals surface area contributed by atoms with Crippen LogP contribution >= 0.6 is 15.9 Å². The van der Waals surface area contributed by atoms with Gasteiger partial charge in [-0.05, 0) is 35.8 Å². The zero-order valence-electron chi connectivity index (χ0n) is 12.7. The maximum absolute atomic E-state index is 11.4. The van der Waals surface area contributed by atoms with Crippen molar-refractivity contribution in [1.82, 2.24) is 14.7 Å². The first-order chi connectivity index (χ1) is 9.95. The number of halogens is 1. The maximum Gasteiger partial charge on any atom is 0.310 e. The summed E-state index contributed by atoms with van der Waals surface area (Å²) < 4.78 is 8.26. The summed E-state index contributed by atoms with van der Waals surface area (Å²) in [5, 5.41) is 13.7. The number of carbonyl (C=O) groups is 1. The Morgan fingerprint density at radius 2 is 2.29 bits per heavy atom. The standard InChI is InChI=1S/C14H22BrN3O3/c1-4-5-18(12-8-21-7-10(12)14(19)20)6-11-13(15)9(2)16-17(11)3/h10,12H,4-8H2,1-3H3,(H,19,20). The van der Waals surface area contributed by atoms with Crippen LogP contribution in [0.5, 0.6) is 0 Å². The summed E-state index contributed by atoms with van der Waals surface area (Å²) in [6, 6.07) is -0.0791. The molecule has 1 aliphatic heterocycles. The predicted octanol–water partition coefficient (Wildman–Crippen LogP) is 1.80. The number of carboxylic acid groups (broad SMARTS) is 1. The Kier molecular flexibility index (Phi) is 5.40. The van der Waals surface area contributed by atoms with Gasteiger partial charge in [-0.15, -0.1) is 0 Å². The van der Waals surface area contributed by atoms with E-state index in [-0.39, 0.29) is 6.04 Å².